The Morgan fingerprint density at radius 1 is 1.08 bits per heavy atom. The molecule has 0 saturated heterocycles. The molecule has 0 aromatic carbocycles. The fourth-order valence-electron chi connectivity index (χ4n) is 3.59. The quantitative estimate of drug-likeness (QED) is 0.747. The maximum absolute atomic E-state index is 12.7. The lowest BCUT2D eigenvalue weighted by atomic mass is 9.97. The van der Waals surface area contributed by atoms with Gasteiger partial charge in [0.15, 0.2) is 0 Å². The summed E-state index contributed by atoms with van der Waals surface area (Å²) < 4.78 is 0. The highest BCUT2D eigenvalue weighted by atomic mass is 16.3. The van der Waals surface area contributed by atoms with E-state index in [4.69, 9.17) is 4.98 Å². The number of nitrogens with one attached hydrogen (secondary N) is 1. The third-order valence-electron chi connectivity index (χ3n) is 5.27. The van der Waals surface area contributed by atoms with Gasteiger partial charge in [-0.1, -0.05) is 0 Å². The van der Waals surface area contributed by atoms with Crippen molar-refractivity contribution in [1.82, 2.24) is 20.1 Å². The van der Waals surface area contributed by atoms with Crippen LogP contribution in [0.2, 0.25) is 0 Å². The van der Waals surface area contributed by atoms with Gasteiger partial charge < -0.3 is 25.3 Å². The van der Waals surface area contributed by atoms with Crippen LogP contribution >= 0.6 is 0 Å². The van der Waals surface area contributed by atoms with E-state index in [0.29, 0.717) is 13.1 Å². The van der Waals surface area contributed by atoms with Crippen LogP contribution in [0.5, 0.6) is 0 Å². The van der Waals surface area contributed by atoms with Gasteiger partial charge in [0.05, 0.1) is 24.0 Å². The standard InChI is InChI=1S/C18H26N4O2/c1-10-9-21-7-6-19-8-15-12(3)11(2)13(4)16(20-15)14(5)22(10)18(24)17(21)23/h6-7,10,14,19,23-24H,8-9H2,1-5H3/p-2. The van der Waals surface area contributed by atoms with E-state index >= 15 is 0 Å². The summed E-state index contributed by atoms with van der Waals surface area (Å²) in [6.07, 6.45) is 3.37. The molecule has 0 amide bonds. The first-order chi connectivity index (χ1) is 11.3. The molecule has 24 heavy (non-hydrogen) atoms. The van der Waals surface area contributed by atoms with Crippen molar-refractivity contribution in [3.8, 4) is 0 Å². The van der Waals surface area contributed by atoms with Crippen LogP contribution in [0, 0.1) is 20.8 Å². The molecule has 6 heteroatoms. The largest absolute Gasteiger partial charge is 0.860 e. The summed E-state index contributed by atoms with van der Waals surface area (Å²) in [7, 11) is 0. The van der Waals surface area contributed by atoms with Crippen molar-refractivity contribution in [2.24, 2.45) is 0 Å². The fourth-order valence-corrected chi connectivity index (χ4v) is 3.59. The van der Waals surface area contributed by atoms with Crippen LogP contribution in [0.4, 0.5) is 0 Å². The van der Waals surface area contributed by atoms with Crippen molar-refractivity contribution in [3.63, 3.8) is 0 Å². The van der Waals surface area contributed by atoms with E-state index in [2.05, 4.69) is 19.2 Å². The van der Waals surface area contributed by atoms with Crippen LogP contribution in [0.3, 0.4) is 0 Å². The minimum Gasteiger partial charge on any atom is -0.860 e. The molecular weight excluding hydrogens is 304 g/mol. The third kappa shape index (κ3) is 2.46. The predicted molar refractivity (Wildman–Crippen MR) is 87.9 cm³/mol. The minimum atomic E-state index is -0.486. The Labute approximate surface area is 143 Å². The van der Waals surface area contributed by atoms with Crippen molar-refractivity contribution in [2.45, 2.75) is 53.2 Å². The van der Waals surface area contributed by atoms with Crippen molar-refractivity contribution in [2.75, 3.05) is 6.54 Å². The van der Waals surface area contributed by atoms with Gasteiger partial charge in [-0.05, 0) is 63.1 Å². The van der Waals surface area contributed by atoms with Crippen molar-refractivity contribution >= 4 is 0 Å². The zero-order valence-corrected chi connectivity index (χ0v) is 14.9. The summed E-state index contributed by atoms with van der Waals surface area (Å²) in [4.78, 5) is 8.00. The molecule has 1 aromatic heterocycles. The number of fused-ring (bicyclic) bond motifs is 3. The molecule has 1 aromatic rings. The number of hydrogen-bond donors (Lipinski definition) is 1. The molecule has 0 saturated carbocycles. The van der Waals surface area contributed by atoms with Crippen LogP contribution in [-0.4, -0.2) is 27.4 Å². The predicted octanol–water partition coefficient (Wildman–Crippen LogP) is 0.496. The molecule has 4 heterocycles. The Morgan fingerprint density at radius 2 is 1.79 bits per heavy atom. The van der Waals surface area contributed by atoms with Gasteiger partial charge in [0.1, 0.15) is 0 Å². The van der Waals surface area contributed by atoms with Gasteiger partial charge in [-0.15, -0.1) is 0 Å². The molecule has 3 aliphatic heterocycles. The molecule has 0 aliphatic carbocycles. The van der Waals surface area contributed by atoms with E-state index < -0.39 is 11.8 Å². The summed E-state index contributed by atoms with van der Waals surface area (Å²) in [5, 5.41) is 28.2. The minimum absolute atomic E-state index is 0.0689. The second-order valence-corrected chi connectivity index (χ2v) is 6.71. The number of aromatic nitrogens is 1. The van der Waals surface area contributed by atoms with E-state index in [1.54, 1.807) is 17.3 Å². The molecule has 0 spiro atoms. The first-order valence-corrected chi connectivity index (χ1v) is 8.32. The van der Waals surface area contributed by atoms with Gasteiger partial charge in [-0.2, -0.15) is 0 Å². The lowest BCUT2D eigenvalue weighted by molar-refractivity contribution is -0.403. The molecule has 4 bridgehead atoms. The van der Waals surface area contributed by atoms with E-state index in [1.807, 2.05) is 20.8 Å². The molecular formula is C18H24N4O2-2. The molecule has 2 atom stereocenters. The van der Waals surface area contributed by atoms with Crippen molar-refractivity contribution < 1.29 is 10.2 Å². The van der Waals surface area contributed by atoms with Crippen LogP contribution in [-0.2, 0) is 6.54 Å². The molecule has 0 radical (unpaired) electrons. The highest BCUT2D eigenvalue weighted by Gasteiger charge is 2.28. The Kier molecular flexibility index (Phi) is 4.07. The normalized spacial score (nSPS) is 23.9. The number of rotatable bonds is 0. The highest BCUT2D eigenvalue weighted by Crippen LogP contribution is 2.32. The number of pyridine rings is 1. The van der Waals surface area contributed by atoms with Gasteiger partial charge in [-0.25, -0.2) is 0 Å². The van der Waals surface area contributed by atoms with Crippen LogP contribution < -0.4 is 15.5 Å². The summed E-state index contributed by atoms with van der Waals surface area (Å²) in [5.41, 5.74) is 5.29. The average Bonchev–Trinajstić information content (AvgIpc) is 2.54. The Bertz CT molecular complexity index is 726. The summed E-state index contributed by atoms with van der Waals surface area (Å²) in [6, 6.07) is -0.305. The van der Waals surface area contributed by atoms with Crippen LogP contribution in [0.15, 0.2) is 24.2 Å². The Morgan fingerprint density at radius 3 is 2.50 bits per heavy atom. The fraction of sp³-hybridized carbons (Fsp3) is 0.500. The van der Waals surface area contributed by atoms with Gasteiger partial charge in [-0.3, -0.25) is 4.98 Å². The average molecular weight is 328 g/mol. The Balaban J connectivity index is 2.21. The van der Waals surface area contributed by atoms with E-state index in [1.165, 1.54) is 10.5 Å². The molecule has 6 nitrogen and oxygen atoms in total. The first-order valence-electron chi connectivity index (χ1n) is 8.32. The lowest BCUT2D eigenvalue weighted by Crippen LogP contribution is -2.53. The maximum atomic E-state index is 12.7. The van der Waals surface area contributed by atoms with Gasteiger partial charge in [0, 0.05) is 25.0 Å². The van der Waals surface area contributed by atoms with Crippen molar-refractivity contribution in [3.05, 3.63) is 52.2 Å². The van der Waals surface area contributed by atoms with Crippen LogP contribution in [0.25, 0.3) is 0 Å². The van der Waals surface area contributed by atoms with Gasteiger partial charge >= 0.3 is 0 Å². The van der Waals surface area contributed by atoms with E-state index in [-0.39, 0.29) is 12.1 Å². The first kappa shape index (κ1) is 16.5. The SMILES string of the molecule is Cc1c2nc(c(C)c1C)C(C)N1C([O-])=C([O-])N(C=CNC2)CC1C. The van der Waals surface area contributed by atoms with Gasteiger partial charge in [0.2, 0.25) is 0 Å². The lowest BCUT2D eigenvalue weighted by Gasteiger charge is -2.51. The smallest absolute Gasteiger partial charge is 0.0681 e. The molecule has 2 unspecified atom stereocenters. The maximum Gasteiger partial charge on any atom is 0.0681 e. The van der Waals surface area contributed by atoms with E-state index in [0.717, 1.165) is 22.5 Å². The summed E-state index contributed by atoms with van der Waals surface area (Å²) >= 11 is 0. The second kappa shape index (κ2) is 5.92. The summed E-state index contributed by atoms with van der Waals surface area (Å²) in [5.74, 6) is -0.951. The molecule has 1 N–H and O–H groups in total. The van der Waals surface area contributed by atoms with Crippen molar-refractivity contribution in [1.29, 1.82) is 0 Å². The summed E-state index contributed by atoms with van der Waals surface area (Å²) in [6.45, 7) is 11.2. The van der Waals surface area contributed by atoms with E-state index in [9.17, 15) is 10.2 Å². The third-order valence-corrected chi connectivity index (χ3v) is 5.27. The molecule has 130 valence electrons. The molecule has 3 aliphatic rings. The Hall–Kier alpha value is -2.37. The second-order valence-electron chi connectivity index (χ2n) is 6.71. The van der Waals surface area contributed by atoms with Gasteiger partial charge in [0.25, 0.3) is 0 Å². The van der Waals surface area contributed by atoms with Crippen LogP contribution in [0.1, 0.15) is 48.0 Å². The highest BCUT2D eigenvalue weighted by molar-refractivity contribution is 5.39. The zero-order valence-electron chi connectivity index (χ0n) is 14.9. The topological polar surface area (TPSA) is 77.5 Å². The molecule has 0 fully saturated rings. The number of nitrogens with zero attached hydrogens (tertiary/aromatic N) is 3. The number of hydrogen-bond acceptors (Lipinski definition) is 6. The molecule has 4 rings (SSSR count). The zero-order chi connectivity index (χ0) is 17.6. The monoisotopic (exact) mass is 328 g/mol.